The molecule has 0 aliphatic carbocycles. The van der Waals surface area contributed by atoms with Crippen LogP contribution in [0.5, 0.6) is 0 Å². The van der Waals surface area contributed by atoms with Gasteiger partial charge in [0, 0.05) is 26.4 Å². The van der Waals surface area contributed by atoms with Gasteiger partial charge in [0.05, 0.1) is 12.2 Å². The average Bonchev–Trinajstić information content (AvgIpc) is 2.40. The summed E-state index contributed by atoms with van der Waals surface area (Å²) in [5.74, 6) is 0.382. The zero-order valence-corrected chi connectivity index (χ0v) is 10.5. The highest BCUT2D eigenvalue weighted by molar-refractivity contribution is 5.87. The molecule has 2 heterocycles. The van der Waals surface area contributed by atoms with Crippen LogP contribution in [0.4, 0.5) is 5.82 Å². The summed E-state index contributed by atoms with van der Waals surface area (Å²) in [5, 5.41) is 8.81. The number of hydrogen-bond donors (Lipinski definition) is 1. The molecule has 5 heteroatoms. The van der Waals surface area contributed by atoms with Crippen molar-refractivity contribution in [2.75, 3.05) is 31.7 Å². The number of aromatic nitrogens is 1. The van der Waals surface area contributed by atoms with Crippen molar-refractivity contribution in [1.29, 1.82) is 0 Å². The molecule has 0 radical (unpaired) electrons. The first kappa shape index (κ1) is 12.8. The Bertz CT molecular complexity index is 399. The van der Waals surface area contributed by atoms with Gasteiger partial charge in [-0.2, -0.15) is 0 Å². The van der Waals surface area contributed by atoms with Crippen LogP contribution in [-0.4, -0.2) is 42.9 Å². The Balaban J connectivity index is 1.95. The SMILES string of the molecule is CN(CC1CCCOC1)c1ccc(C(=O)O)cn1. The molecule has 1 unspecified atom stereocenters. The Hall–Kier alpha value is -1.62. The number of hydrogen-bond acceptors (Lipinski definition) is 4. The number of carboxylic acid groups (broad SMARTS) is 1. The highest BCUT2D eigenvalue weighted by Gasteiger charge is 2.16. The second kappa shape index (κ2) is 5.82. The number of carboxylic acids is 1. The van der Waals surface area contributed by atoms with Crippen LogP contribution in [0.15, 0.2) is 18.3 Å². The summed E-state index contributed by atoms with van der Waals surface area (Å²) < 4.78 is 5.44. The second-order valence-corrected chi connectivity index (χ2v) is 4.67. The van der Waals surface area contributed by atoms with Crippen molar-refractivity contribution in [1.82, 2.24) is 4.98 Å². The fraction of sp³-hybridized carbons (Fsp3) is 0.538. The van der Waals surface area contributed by atoms with E-state index >= 15 is 0 Å². The van der Waals surface area contributed by atoms with Crippen molar-refractivity contribution in [2.45, 2.75) is 12.8 Å². The molecule has 0 amide bonds. The lowest BCUT2D eigenvalue weighted by molar-refractivity contribution is 0.0576. The lowest BCUT2D eigenvalue weighted by Gasteiger charge is -2.27. The molecule has 0 aromatic carbocycles. The van der Waals surface area contributed by atoms with Gasteiger partial charge in [-0.15, -0.1) is 0 Å². The van der Waals surface area contributed by atoms with Gasteiger partial charge in [0.1, 0.15) is 5.82 Å². The van der Waals surface area contributed by atoms with Crippen molar-refractivity contribution >= 4 is 11.8 Å². The Kier molecular flexibility index (Phi) is 4.15. The van der Waals surface area contributed by atoms with Gasteiger partial charge in [0.2, 0.25) is 0 Å². The second-order valence-electron chi connectivity index (χ2n) is 4.67. The zero-order valence-electron chi connectivity index (χ0n) is 10.5. The minimum absolute atomic E-state index is 0.216. The quantitative estimate of drug-likeness (QED) is 0.880. The molecule has 5 nitrogen and oxygen atoms in total. The largest absolute Gasteiger partial charge is 0.478 e. The van der Waals surface area contributed by atoms with Crippen molar-refractivity contribution in [2.24, 2.45) is 5.92 Å². The van der Waals surface area contributed by atoms with E-state index in [0.717, 1.165) is 32.0 Å². The molecule has 1 aliphatic heterocycles. The minimum atomic E-state index is -0.947. The minimum Gasteiger partial charge on any atom is -0.478 e. The van der Waals surface area contributed by atoms with E-state index in [1.54, 1.807) is 12.1 Å². The van der Waals surface area contributed by atoms with Gasteiger partial charge >= 0.3 is 5.97 Å². The molecule has 1 fully saturated rings. The number of carbonyl (C=O) groups is 1. The van der Waals surface area contributed by atoms with Gasteiger partial charge in [-0.3, -0.25) is 0 Å². The van der Waals surface area contributed by atoms with Crippen LogP contribution in [0.3, 0.4) is 0 Å². The highest BCUT2D eigenvalue weighted by atomic mass is 16.5. The van der Waals surface area contributed by atoms with Gasteiger partial charge in [-0.05, 0) is 30.9 Å². The van der Waals surface area contributed by atoms with Gasteiger partial charge in [-0.1, -0.05) is 0 Å². The van der Waals surface area contributed by atoms with E-state index in [1.165, 1.54) is 12.6 Å². The average molecular weight is 250 g/mol. The summed E-state index contributed by atoms with van der Waals surface area (Å²) in [5.41, 5.74) is 0.216. The van der Waals surface area contributed by atoms with Crippen LogP contribution < -0.4 is 4.90 Å². The Morgan fingerprint density at radius 3 is 3.00 bits per heavy atom. The molecular formula is C13H18N2O3. The molecule has 1 saturated heterocycles. The predicted molar refractivity (Wildman–Crippen MR) is 68.0 cm³/mol. The molecule has 1 aliphatic rings. The molecule has 1 N–H and O–H groups in total. The molecule has 0 spiro atoms. The smallest absolute Gasteiger partial charge is 0.337 e. The van der Waals surface area contributed by atoms with E-state index in [-0.39, 0.29) is 5.56 Å². The van der Waals surface area contributed by atoms with Gasteiger partial charge in [-0.25, -0.2) is 9.78 Å². The third-order valence-electron chi connectivity index (χ3n) is 3.17. The standard InChI is InChI=1S/C13H18N2O3/c1-15(8-10-3-2-6-18-9-10)12-5-4-11(7-14-12)13(16)17/h4-5,7,10H,2-3,6,8-9H2,1H3,(H,16,17). The molecule has 0 saturated carbocycles. The van der Waals surface area contributed by atoms with E-state index in [2.05, 4.69) is 4.98 Å². The maximum absolute atomic E-state index is 10.7. The first-order valence-electron chi connectivity index (χ1n) is 6.15. The summed E-state index contributed by atoms with van der Waals surface area (Å²) in [7, 11) is 1.97. The van der Waals surface area contributed by atoms with Crippen molar-refractivity contribution in [3.63, 3.8) is 0 Å². The van der Waals surface area contributed by atoms with Crippen molar-refractivity contribution in [3.8, 4) is 0 Å². The van der Waals surface area contributed by atoms with Crippen molar-refractivity contribution < 1.29 is 14.6 Å². The maximum atomic E-state index is 10.7. The summed E-state index contributed by atoms with van der Waals surface area (Å²) in [6.45, 7) is 2.56. The van der Waals surface area contributed by atoms with Crippen LogP contribution in [0.25, 0.3) is 0 Å². The fourth-order valence-electron chi connectivity index (χ4n) is 2.17. The number of aromatic carboxylic acids is 1. The number of ether oxygens (including phenoxy) is 1. The Labute approximate surface area is 106 Å². The Morgan fingerprint density at radius 1 is 1.61 bits per heavy atom. The molecule has 1 aromatic heterocycles. The lowest BCUT2D eigenvalue weighted by Crippen LogP contribution is -2.31. The molecular weight excluding hydrogens is 232 g/mol. The molecule has 2 rings (SSSR count). The topological polar surface area (TPSA) is 62.7 Å². The zero-order chi connectivity index (χ0) is 13.0. The highest BCUT2D eigenvalue weighted by Crippen LogP contribution is 2.17. The van der Waals surface area contributed by atoms with E-state index in [9.17, 15) is 4.79 Å². The van der Waals surface area contributed by atoms with Gasteiger partial charge < -0.3 is 14.7 Å². The molecule has 98 valence electrons. The number of nitrogens with zero attached hydrogens (tertiary/aromatic N) is 2. The third-order valence-corrected chi connectivity index (χ3v) is 3.17. The number of anilines is 1. The lowest BCUT2D eigenvalue weighted by atomic mass is 10.0. The molecule has 1 aromatic rings. The van der Waals surface area contributed by atoms with E-state index in [1.807, 2.05) is 11.9 Å². The monoisotopic (exact) mass is 250 g/mol. The number of rotatable bonds is 4. The molecule has 1 atom stereocenters. The van der Waals surface area contributed by atoms with Crippen LogP contribution >= 0.6 is 0 Å². The normalized spacial score (nSPS) is 19.5. The number of pyridine rings is 1. The van der Waals surface area contributed by atoms with Crippen LogP contribution in [0.2, 0.25) is 0 Å². The first-order chi connectivity index (χ1) is 8.66. The third kappa shape index (κ3) is 3.20. The van der Waals surface area contributed by atoms with E-state index < -0.39 is 5.97 Å². The predicted octanol–water partition coefficient (Wildman–Crippen LogP) is 1.64. The van der Waals surface area contributed by atoms with Gasteiger partial charge in [0.15, 0.2) is 0 Å². The maximum Gasteiger partial charge on any atom is 0.337 e. The van der Waals surface area contributed by atoms with Gasteiger partial charge in [0.25, 0.3) is 0 Å². The fourth-order valence-corrected chi connectivity index (χ4v) is 2.17. The van der Waals surface area contributed by atoms with E-state index in [0.29, 0.717) is 5.92 Å². The van der Waals surface area contributed by atoms with Crippen LogP contribution in [-0.2, 0) is 4.74 Å². The van der Waals surface area contributed by atoms with Crippen molar-refractivity contribution in [3.05, 3.63) is 23.9 Å². The first-order valence-corrected chi connectivity index (χ1v) is 6.15. The molecule has 18 heavy (non-hydrogen) atoms. The summed E-state index contributed by atoms with van der Waals surface area (Å²) in [6, 6.07) is 3.33. The summed E-state index contributed by atoms with van der Waals surface area (Å²) in [6.07, 6.45) is 3.69. The van der Waals surface area contributed by atoms with Crippen LogP contribution in [0, 0.1) is 5.92 Å². The molecule has 0 bridgehead atoms. The van der Waals surface area contributed by atoms with E-state index in [4.69, 9.17) is 9.84 Å². The summed E-state index contributed by atoms with van der Waals surface area (Å²) in [4.78, 5) is 16.9. The summed E-state index contributed by atoms with van der Waals surface area (Å²) >= 11 is 0. The Morgan fingerprint density at radius 2 is 2.44 bits per heavy atom. The van der Waals surface area contributed by atoms with Crippen LogP contribution in [0.1, 0.15) is 23.2 Å².